The Hall–Kier alpha value is -2.44. The first-order chi connectivity index (χ1) is 13.0. The monoisotopic (exact) mass is 389 g/mol. The van der Waals surface area contributed by atoms with Crippen molar-refractivity contribution in [1.82, 2.24) is 9.88 Å². The van der Waals surface area contributed by atoms with E-state index in [9.17, 15) is 9.18 Å². The van der Waals surface area contributed by atoms with Crippen LogP contribution < -0.4 is 5.32 Å². The number of anilines is 1. The average molecular weight is 390 g/mol. The number of piperidine rings is 1. The minimum atomic E-state index is -1.62. The molecule has 142 valence electrons. The van der Waals surface area contributed by atoms with Gasteiger partial charge >= 0.3 is 5.97 Å². The molecule has 0 saturated carbocycles. The maximum Gasteiger partial charge on any atom is 0.364 e. The van der Waals surface area contributed by atoms with Crippen LogP contribution in [0.4, 0.5) is 10.2 Å². The lowest BCUT2D eigenvalue weighted by molar-refractivity contribution is -0.134. The Balaban J connectivity index is 1.62. The van der Waals surface area contributed by atoms with Crippen molar-refractivity contribution in [1.29, 1.82) is 0 Å². The van der Waals surface area contributed by atoms with Crippen molar-refractivity contribution in [2.75, 3.05) is 18.4 Å². The molecule has 1 aromatic carbocycles. The first-order valence-electron chi connectivity index (χ1n) is 8.80. The molecule has 7 heteroatoms. The number of aliphatic carboxylic acids is 1. The van der Waals surface area contributed by atoms with Crippen molar-refractivity contribution >= 4 is 29.5 Å². The van der Waals surface area contributed by atoms with E-state index in [1.807, 2.05) is 18.2 Å². The third kappa shape index (κ3) is 5.52. The van der Waals surface area contributed by atoms with Gasteiger partial charge < -0.3 is 10.4 Å². The Kier molecular flexibility index (Phi) is 6.42. The highest BCUT2D eigenvalue weighted by Gasteiger charge is 2.21. The third-order valence-electron chi connectivity index (χ3n) is 4.46. The highest BCUT2D eigenvalue weighted by molar-refractivity contribution is 6.33. The molecule has 1 fully saturated rings. The number of hydrogen-bond acceptors (Lipinski definition) is 4. The summed E-state index contributed by atoms with van der Waals surface area (Å²) in [6.45, 7) is 2.83. The van der Waals surface area contributed by atoms with Gasteiger partial charge in [-0.3, -0.25) is 4.90 Å². The number of carboxylic acids is 1. The molecule has 5 nitrogen and oxygen atoms in total. The fraction of sp³-hybridized carbons (Fsp3) is 0.300. The summed E-state index contributed by atoms with van der Waals surface area (Å²) in [4.78, 5) is 17.2. The first kappa shape index (κ1) is 19.3. The van der Waals surface area contributed by atoms with Gasteiger partial charge in [0.1, 0.15) is 5.82 Å². The number of rotatable bonds is 6. The number of carbonyl (C=O) groups is 1. The minimum Gasteiger partial charge on any atom is -0.476 e. The summed E-state index contributed by atoms with van der Waals surface area (Å²) < 4.78 is 13.2. The van der Waals surface area contributed by atoms with Crippen LogP contribution in [0, 0.1) is 0 Å². The summed E-state index contributed by atoms with van der Waals surface area (Å²) in [6, 6.07) is 12.1. The Morgan fingerprint density at radius 1 is 1.41 bits per heavy atom. The lowest BCUT2D eigenvalue weighted by atomic mass is 10.0. The van der Waals surface area contributed by atoms with E-state index in [-0.39, 0.29) is 6.04 Å². The van der Waals surface area contributed by atoms with Crippen LogP contribution in [0.2, 0.25) is 5.02 Å². The first-order valence-corrected chi connectivity index (χ1v) is 9.18. The van der Waals surface area contributed by atoms with E-state index in [2.05, 4.69) is 27.3 Å². The molecule has 1 atom stereocenters. The largest absolute Gasteiger partial charge is 0.476 e. The molecule has 3 rings (SSSR count). The number of hydrogen-bond donors (Lipinski definition) is 2. The molecule has 0 unspecified atom stereocenters. The second kappa shape index (κ2) is 8.97. The standard InChI is InChI=1S/C20H21ClFN3O2/c21-17-9-15(10-18(22)20(26)27)11-23-19(17)24-16-7-4-8-25(13-16)12-14-5-2-1-3-6-14/h1-3,5-6,9-11,16H,4,7-8,12-13H2,(H,23,24)(H,26,27)/b18-10+/t16-/m1/s1. The molecule has 0 bridgehead atoms. The van der Waals surface area contributed by atoms with E-state index in [0.29, 0.717) is 16.4 Å². The molecule has 1 saturated heterocycles. The summed E-state index contributed by atoms with van der Waals surface area (Å²) in [6.07, 6.45) is 4.39. The number of carboxylic acid groups (broad SMARTS) is 1. The summed E-state index contributed by atoms with van der Waals surface area (Å²) in [5.41, 5.74) is 1.59. The molecular formula is C20H21ClFN3O2. The van der Waals surface area contributed by atoms with E-state index < -0.39 is 11.8 Å². The fourth-order valence-electron chi connectivity index (χ4n) is 3.20. The molecule has 0 amide bonds. The Morgan fingerprint density at radius 2 is 2.19 bits per heavy atom. The molecule has 2 heterocycles. The van der Waals surface area contributed by atoms with Crippen LogP contribution >= 0.6 is 11.6 Å². The number of likely N-dealkylation sites (tertiary alicyclic amines) is 1. The summed E-state index contributed by atoms with van der Waals surface area (Å²) in [5, 5.41) is 12.3. The molecule has 1 aromatic heterocycles. The zero-order valence-corrected chi connectivity index (χ0v) is 15.5. The van der Waals surface area contributed by atoms with Crippen molar-refractivity contribution in [3.05, 3.63) is 64.6 Å². The van der Waals surface area contributed by atoms with E-state index in [4.69, 9.17) is 16.7 Å². The van der Waals surface area contributed by atoms with Crippen LogP contribution in [0.15, 0.2) is 48.4 Å². The van der Waals surface area contributed by atoms with Gasteiger partial charge in [0, 0.05) is 25.3 Å². The van der Waals surface area contributed by atoms with Gasteiger partial charge in [0.2, 0.25) is 5.83 Å². The highest BCUT2D eigenvalue weighted by Crippen LogP contribution is 2.24. The number of nitrogens with zero attached hydrogens (tertiary/aromatic N) is 2. The van der Waals surface area contributed by atoms with Crippen LogP contribution in [-0.4, -0.2) is 40.1 Å². The van der Waals surface area contributed by atoms with Crippen LogP contribution in [0.3, 0.4) is 0 Å². The third-order valence-corrected chi connectivity index (χ3v) is 4.74. The average Bonchev–Trinajstić information content (AvgIpc) is 2.65. The molecule has 0 radical (unpaired) electrons. The van der Waals surface area contributed by atoms with Gasteiger partial charge in [0.05, 0.1) is 5.02 Å². The molecule has 1 aliphatic rings. The van der Waals surface area contributed by atoms with E-state index >= 15 is 0 Å². The van der Waals surface area contributed by atoms with Gasteiger partial charge in [-0.05, 0) is 42.7 Å². The van der Waals surface area contributed by atoms with Gasteiger partial charge in [0.15, 0.2) is 0 Å². The van der Waals surface area contributed by atoms with Gasteiger partial charge in [-0.2, -0.15) is 4.39 Å². The summed E-state index contributed by atoms with van der Waals surface area (Å²) in [7, 11) is 0. The van der Waals surface area contributed by atoms with Crippen molar-refractivity contribution < 1.29 is 14.3 Å². The maximum atomic E-state index is 13.2. The maximum absolute atomic E-state index is 13.2. The topological polar surface area (TPSA) is 65.5 Å². The van der Waals surface area contributed by atoms with Gasteiger partial charge in [-0.1, -0.05) is 41.9 Å². The van der Waals surface area contributed by atoms with Crippen molar-refractivity contribution in [2.24, 2.45) is 0 Å². The van der Waals surface area contributed by atoms with Crippen LogP contribution in [-0.2, 0) is 11.3 Å². The molecule has 1 aliphatic heterocycles. The van der Waals surface area contributed by atoms with Crippen LogP contribution in [0.25, 0.3) is 6.08 Å². The molecule has 0 aliphatic carbocycles. The molecule has 27 heavy (non-hydrogen) atoms. The number of nitrogens with one attached hydrogen (secondary N) is 1. The van der Waals surface area contributed by atoms with Gasteiger partial charge in [-0.25, -0.2) is 9.78 Å². The second-order valence-corrected chi connectivity index (χ2v) is 7.01. The zero-order chi connectivity index (χ0) is 19.2. The van der Waals surface area contributed by atoms with E-state index in [0.717, 1.165) is 38.6 Å². The smallest absolute Gasteiger partial charge is 0.364 e. The van der Waals surface area contributed by atoms with Crippen molar-refractivity contribution in [3.63, 3.8) is 0 Å². The Morgan fingerprint density at radius 3 is 2.89 bits per heavy atom. The lowest BCUT2D eigenvalue weighted by Crippen LogP contribution is -2.41. The SMILES string of the molecule is O=C(O)/C(F)=C\c1cnc(N[C@@H]2CCCN(Cc3ccccc3)C2)c(Cl)c1. The Labute approximate surface area is 162 Å². The number of aromatic nitrogens is 1. The zero-order valence-electron chi connectivity index (χ0n) is 14.7. The Bertz CT molecular complexity index is 829. The summed E-state index contributed by atoms with van der Waals surface area (Å²) >= 11 is 6.24. The number of pyridine rings is 1. The summed E-state index contributed by atoms with van der Waals surface area (Å²) in [5.74, 6) is -2.34. The van der Waals surface area contributed by atoms with E-state index in [1.54, 1.807) is 0 Å². The lowest BCUT2D eigenvalue weighted by Gasteiger charge is -2.33. The second-order valence-electron chi connectivity index (χ2n) is 6.60. The van der Waals surface area contributed by atoms with E-state index in [1.165, 1.54) is 17.8 Å². The quantitative estimate of drug-likeness (QED) is 0.724. The van der Waals surface area contributed by atoms with Gasteiger partial charge in [-0.15, -0.1) is 0 Å². The molecule has 2 N–H and O–H groups in total. The van der Waals surface area contributed by atoms with Crippen molar-refractivity contribution in [2.45, 2.75) is 25.4 Å². The fourth-order valence-corrected chi connectivity index (χ4v) is 3.43. The minimum absolute atomic E-state index is 0.213. The van der Waals surface area contributed by atoms with Gasteiger partial charge in [0.25, 0.3) is 0 Å². The predicted octanol–water partition coefficient (Wildman–Crippen LogP) is 4.21. The normalized spacial score (nSPS) is 18.3. The predicted molar refractivity (Wildman–Crippen MR) is 104 cm³/mol. The molecule has 2 aromatic rings. The molecule has 0 spiro atoms. The highest BCUT2D eigenvalue weighted by atomic mass is 35.5. The van der Waals surface area contributed by atoms with Crippen LogP contribution in [0.1, 0.15) is 24.0 Å². The number of benzene rings is 1. The molecular weight excluding hydrogens is 369 g/mol. The number of halogens is 2. The van der Waals surface area contributed by atoms with Crippen LogP contribution in [0.5, 0.6) is 0 Å². The van der Waals surface area contributed by atoms with Crippen molar-refractivity contribution in [3.8, 4) is 0 Å².